The molecule has 164 valence electrons. The number of nitrogens with zero attached hydrogens (tertiary/aromatic N) is 4. The molecule has 4 aromatic heterocycles. The van der Waals surface area contributed by atoms with Crippen molar-refractivity contribution in [1.82, 2.24) is 29.7 Å². The lowest BCUT2D eigenvalue weighted by atomic mass is 10.1. The van der Waals surface area contributed by atoms with Crippen LogP contribution < -0.4 is 5.32 Å². The lowest BCUT2D eigenvalue weighted by molar-refractivity contribution is 0.0956. The van der Waals surface area contributed by atoms with Gasteiger partial charge in [0.2, 0.25) is 0 Å². The van der Waals surface area contributed by atoms with Gasteiger partial charge in [-0.15, -0.1) is 0 Å². The van der Waals surface area contributed by atoms with Crippen LogP contribution in [0.2, 0.25) is 0 Å². The molecule has 0 unspecified atom stereocenters. The van der Waals surface area contributed by atoms with Crippen LogP contribution in [0, 0.1) is 0 Å². The molecule has 0 spiro atoms. The Morgan fingerprint density at radius 1 is 0.912 bits per heavy atom. The lowest BCUT2D eigenvalue weighted by Gasteiger charge is -2.08. The number of aromatic nitrogens is 6. The van der Waals surface area contributed by atoms with E-state index in [0.29, 0.717) is 17.3 Å². The molecule has 6 rings (SSSR count). The van der Waals surface area contributed by atoms with Crippen molar-refractivity contribution in [3.05, 3.63) is 103 Å². The van der Waals surface area contributed by atoms with E-state index in [9.17, 15) is 4.79 Å². The number of H-pyrrole nitrogens is 2. The number of hydrogen-bond acceptors (Lipinski definition) is 5. The Hall–Kier alpha value is -4.98. The van der Waals surface area contributed by atoms with Gasteiger partial charge in [-0.1, -0.05) is 24.3 Å². The average Bonchev–Trinajstić information content (AvgIpc) is 3.66. The fourth-order valence-electron chi connectivity index (χ4n) is 3.86. The van der Waals surface area contributed by atoms with Crippen LogP contribution >= 0.6 is 0 Å². The summed E-state index contributed by atoms with van der Waals surface area (Å²) in [5.41, 5.74) is 5.27. The second-order valence-corrected chi connectivity index (χ2v) is 7.84. The highest BCUT2D eigenvalue weighted by molar-refractivity contribution is 5.99. The van der Waals surface area contributed by atoms with Gasteiger partial charge in [-0.25, -0.2) is 9.97 Å². The monoisotopic (exact) mass is 445 g/mol. The zero-order chi connectivity index (χ0) is 22.9. The molecule has 8 heteroatoms. The van der Waals surface area contributed by atoms with Gasteiger partial charge >= 0.3 is 0 Å². The first-order valence-corrected chi connectivity index (χ1v) is 10.7. The van der Waals surface area contributed by atoms with Crippen LogP contribution in [0.25, 0.3) is 33.4 Å². The standard InChI is InChI=1S/C26H19N7O/c34-26(33-11-1-2-12-33)23-13-18-3-4-19(14-22(18)31-23)25-27-10-9-24(32-25)30-21-7-5-17(6-8-21)20-15-28-29-16-20/h1-16,31H,(H,28,29)(H,27,30,32). The molecule has 6 aromatic rings. The Morgan fingerprint density at radius 2 is 1.74 bits per heavy atom. The Morgan fingerprint density at radius 3 is 2.53 bits per heavy atom. The Bertz CT molecular complexity index is 1580. The number of fused-ring (bicyclic) bond motifs is 1. The normalized spacial score (nSPS) is 11.1. The molecule has 0 aliphatic carbocycles. The van der Waals surface area contributed by atoms with Crippen LogP contribution in [0.15, 0.2) is 97.7 Å². The van der Waals surface area contributed by atoms with Crippen LogP contribution in [0.1, 0.15) is 10.5 Å². The van der Waals surface area contributed by atoms with Crippen molar-refractivity contribution >= 4 is 28.3 Å². The van der Waals surface area contributed by atoms with Crippen LogP contribution in [-0.4, -0.2) is 35.6 Å². The summed E-state index contributed by atoms with van der Waals surface area (Å²) in [6.07, 6.45) is 8.84. The first kappa shape index (κ1) is 19.7. The molecular formula is C26H19N7O. The zero-order valence-corrected chi connectivity index (χ0v) is 17.9. The van der Waals surface area contributed by atoms with Crippen molar-refractivity contribution in [2.24, 2.45) is 0 Å². The van der Waals surface area contributed by atoms with E-state index >= 15 is 0 Å². The van der Waals surface area contributed by atoms with E-state index < -0.39 is 0 Å². The summed E-state index contributed by atoms with van der Waals surface area (Å²) in [7, 11) is 0. The molecule has 2 aromatic carbocycles. The van der Waals surface area contributed by atoms with Gasteiger partial charge in [-0.3, -0.25) is 14.5 Å². The molecule has 4 heterocycles. The van der Waals surface area contributed by atoms with Crippen LogP contribution in [-0.2, 0) is 0 Å². The first-order valence-electron chi connectivity index (χ1n) is 10.7. The van der Waals surface area contributed by atoms with Crippen molar-refractivity contribution in [2.75, 3.05) is 5.32 Å². The largest absolute Gasteiger partial charge is 0.350 e. The summed E-state index contributed by atoms with van der Waals surface area (Å²) in [4.78, 5) is 25.0. The fraction of sp³-hybridized carbons (Fsp3) is 0. The van der Waals surface area contributed by atoms with E-state index in [-0.39, 0.29) is 5.91 Å². The molecule has 0 radical (unpaired) electrons. The second-order valence-electron chi connectivity index (χ2n) is 7.84. The summed E-state index contributed by atoms with van der Waals surface area (Å²) in [5, 5.41) is 11.1. The van der Waals surface area contributed by atoms with Gasteiger partial charge in [0.05, 0.1) is 6.20 Å². The van der Waals surface area contributed by atoms with E-state index in [0.717, 1.165) is 33.3 Å². The quantitative estimate of drug-likeness (QED) is 0.336. The molecule has 34 heavy (non-hydrogen) atoms. The molecule has 0 saturated heterocycles. The van der Waals surface area contributed by atoms with E-state index in [4.69, 9.17) is 0 Å². The number of rotatable bonds is 5. The number of aromatic amines is 2. The highest BCUT2D eigenvalue weighted by Crippen LogP contribution is 2.25. The third-order valence-corrected chi connectivity index (χ3v) is 5.59. The second kappa shape index (κ2) is 8.18. The maximum Gasteiger partial charge on any atom is 0.278 e. The molecule has 0 atom stereocenters. The molecule has 3 N–H and O–H groups in total. The van der Waals surface area contributed by atoms with Crippen LogP contribution in [0.3, 0.4) is 0 Å². The number of carbonyl (C=O) groups excluding carboxylic acids is 1. The van der Waals surface area contributed by atoms with Gasteiger partial charge < -0.3 is 10.3 Å². The third-order valence-electron chi connectivity index (χ3n) is 5.59. The van der Waals surface area contributed by atoms with E-state index in [1.165, 1.54) is 0 Å². The van der Waals surface area contributed by atoms with Crippen LogP contribution in [0.4, 0.5) is 11.5 Å². The van der Waals surface area contributed by atoms with Gasteiger partial charge in [-0.05, 0) is 48.0 Å². The Balaban J connectivity index is 1.25. The number of anilines is 2. The number of carbonyl (C=O) groups is 1. The summed E-state index contributed by atoms with van der Waals surface area (Å²) in [6, 6.07) is 21.3. The molecular weight excluding hydrogens is 426 g/mol. The summed E-state index contributed by atoms with van der Waals surface area (Å²) < 4.78 is 1.55. The molecule has 0 fully saturated rings. The summed E-state index contributed by atoms with van der Waals surface area (Å²) >= 11 is 0. The lowest BCUT2D eigenvalue weighted by Crippen LogP contribution is -2.09. The predicted octanol–water partition coefficient (Wildman–Crippen LogP) is 5.25. The Labute approximate surface area is 194 Å². The number of nitrogens with one attached hydrogen (secondary N) is 3. The minimum Gasteiger partial charge on any atom is -0.350 e. The van der Waals surface area contributed by atoms with Gasteiger partial charge in [0.15, 0.2) is 5.82 Å². The van der Waals surface area contributed by atoms with E-state index in [2.05, 4.69) is 30.5 Å². The number of benzene rings is 2. The molecule has 0 bridgehead atoms. The van der Waals surface area contributed by atoms with Crippen molar-refractivity contribution in [1.29, 1.82) is 0 Å². The minimum absolute atomic E-state index is 0.107. The smallest absolute Gasteiger partial charge is 0.278 e. The highest BCUT2D eigenvalue weighted by atomic mass is 16.2. The van der Waals surface area contributed by atoms with Crippen molar-refractivity contribution in [3.63, 3.8) is 0 Å². The van der Waals surface area contributed by atoms with E-state index in [1.807, 2.05) is 72.9 Å². The fourth-order valence-corrected chi connectivity index (χ4v) is 3.86. The van der Waals surface area contributed by atoms with Gasteiger partial charge in [0, 0.05) is 52.5 Å². The SMILES string of the molecule is O=C(c1cc2ccc(-c3nccc(Nc4ccc(-c5cn[nH]c5)cc4)n3)cc2[nH]1)n1cccc1. The Kier molecular flexibility index (Phi) is 4.73. The minimum atomic E-state index is -0.107. The van der Waals surface area contributed by atoms with Crippen LogP contribution in [0.5, 0.6) is 0 Å². The van der Waals surface area contributed by atoms with Gasteiger partial charge in [0.25, 0.3) is 5.91 Å². The summed E-state index contributed by atoms with van der Waals surface area (Å²) in [6.45, 7) is 0. The maximum absolute atomic E-state index is 12.6. The highest BCUT2D eigenvalue weighted by Gasteiger charge is 2.12. The molecule has 0 aliphatic heterocycles. The van der Waals surface area contributed by atoms with Gasteiger partial charge in [-0.2, -0.15) is 5.10 Å². The average molecular weight is 445 g/mol. The molecule has 0 aliphatic rings. The van der Waals surface area contributed by atoms with Crippen molar-refractivity contribution in [2.45, 2.75) is 0 Å². The van der Waals surface area contributed by atoms with Crippen molar-refractivity contribution in [3.8, 4) is 22.5 Å². The number of hydrogen-bond donors (Lipinski definition) is 3. The zero-order valence-electron chi connectivity index (χ0n) is 17.9. The first-order chi connectivity index (χ1) is 16.7. The van der Waals surface area contributed by atoms with Crippen molar-refractivity contribution < 1.29 is 4.79 Å². The topological polar surface area (TPSA) is 104 Å². The van der Waals surface area contributed by atoms with Gasteiger partial charge in [0.1, 0.15) is 11.5 Å². The summed E-state index contributed by atoms with van der Waals surface area (Å²) in [5.74, 6) is 1.18. The molecule has 0 amide bonds. The molecule has 0 saturated carbocycles. The maximum atomic E-state index is 12.6. The molecule has 8 nitrogen and oxygen atoms in total. The predicted molar refractivity (Wildman–Crippen MR) is 131 cm³/mol. The van der Waals surface area contributed by atoms with E-state index in [1.54, 1.807) is 29.4 Å². The third kappa shape index (κ3) is 3.73.